The van der Waals surface area contributed by atoms with E-state index in [-0.39, 0.29) is 36.8 Å². The Kier molecular flexibility index (Phi) is 7.75. The van der Waals surface area contributed by atoms with Crippen LogP contribution in [0.1, 0.15) is 44.9 Å². The quantitative estimate of drug-likeness (QED) is 0.838. The van der Waals surface area contributed by atoms with E-state index in [0.717, 1.165) is 38.4 Å². The average Bonchev–Trinajstić information content (AvgIpc) is 3.09. The number of carbonyl (C=O) groups is 1. The lowest BCUT2D eigenvalue weighted by Crippen LogP contribution is -2.47. The van der Waals surface area contributed by atoms with Crippen LogP contribution >= 0.6 is 24.8 Å². The molecule has 2 atom stereocenters. The molecule has 0 aromatic carbocycles. The van der Waals surface area contributed by atoms with E-state index in [1.165, 1.54) is 38.8 Å². The van der Waals surface area contributed by atoms with E-state index in [0.29, 0.717) is 5.91 Å². The van der Waals surface area contributed by atoms with Crippen molar-refractivity contribution in [2.75, 3.05) is 26.2 Å². The number of hydrogen-bond acceptors (Lipinski definition) is 3. The van der Waals surface area contributed by atoms with Gasteiger partial charge < -0.3 is 15.5 Å². The zero-order chi connectivity index (χ0) is 13.2. The second-order valence-electron chi connectivity index (χ2n) is 6.57. The van der Waals surface area contributed by atoms with E-state index in [2.05, 4.69) is 9.80 Å². The van der Waals surface area contributed by atoms with Gasteiger partial charge in [0.05, 0.1) is 0 Å². The number of nitrogens with two attached hydrogens (primary N) is 1. The second-order valence-corrected chi connectivity index (χ2v) is 6.57. The van der Waals surface area contributed by atoms with E-state index in [1.807, 2.05) is 0 Å². The van der Waals surface area contributed by atoms with Gasteiger partial charge in [0.1, 0.15) is 0 Å². The molecule has 2 N–H and O–H groups in total. The van der Waals surface area contributed by atoms with Gasteiger partial charge in [-0.25, -0.2) is 0 Å². The third-order valence-electron chi connectivity index (χ3n) is 5.26. The molecule has 21 heavy (non-hydrogen) atoms. The minimum Gasteiger partial charge on any atom is -0.342 e. The molecule has 4 nitrogen and oxygen atoms in total. The van der Waals surface area contributed by atoms with Gasteiger partial charge in [0.25, 0.3) is 0 Å². The van der Waals surface area contributed by atoms with Gasteiger partial charge in [-0.05, 0) is 58.0 Å². The Hall–Kier alpha value is -0.0300. The Bertz CT molecular complexity index is 329. The van der Waals surface area contributed by atoms with Gasteiger partial charge in [0.2, 0.25) is 5.91 Å². The van der Waals surface area contributed by atoms with Crippen LogP contribution in [0.2, 0.25) is 0 Å². The second kappa shape index (κ2) is 8.56. The first-order chi connectivity index (χ1) is 9.24. The molecule has 3 rings (SSSR count). The maximum absolute atomic E-state index is 12.4. The highest BCUT2D eigenvalue weighted by atomic mass is 35.5. The van der Waals surface area contributed by atoms with Gasteiger partial charge in [-0.2, -0.15) is 0 Å². The summed E-state index contributed by atoms with van der Waals surface area (Å²) in [7, 11) is 0. The van der Waals surface area contributed by atoms with Gasteiger partial charge in [0.15, 0.2) is 0 Å². The Morgan fingerprint density at radius 3 is 2.05 bits per heavy atom. The van der Waals surface area contributed by atoms with Crippen LogP contribution in [0.15, 0.2) is 0 Å². The van der Waals surface area contributed by atoms with Gasteiger partial charge in [-0.3, -0.25) is 4.79 Å². The van der Waals surface area contributed by atoms with Gasteiger partial charge in [0, 0.05) is 31.1 Å². The highest BCUT2D eigenvalue weighted by Crippen LogP contribution is 2.28. The fraction of sp³-hybridized carbons (Fsp3) is 0.933. The summed E-state index contributed by atoms with van der Waals surface area (Å²) in [5, 5.41) is 0. The van der Waals surface area contributed by atoms with Crippen LogP contribution in [-0.2, 0) is 4.79 Å². The highest BCUT2D eigenvalue weighted by molar-refractivity contribution is 5.85. The molecule has 0 spiro atoms. The number of hydrogen-bond donors (Lipinski definition) is 1. The molecule has 2 saturated heterocycles. The van der Waals surface area contributed by atoms with Crippen molar-refractivity contribution < 1.29 is 4.79 Å². The number of nitrogens with zero attached hydrogens (tertiary/aromatic N) is 2. The molecular formula is C15H29Cl2N3O. The molecule has 0 radical (unpaired) electrons. The van der Waals surface area contributed by atoms with Crippen LogP contribution in [-0.4, -0.2) is 54.0 Å². The first kappa shape index (κ1) is 19.0. The smallest absolute Gasteiger partial charge is 0.225 e. The van der Waals surface area contributed by atoms with E-state index < -0.39 is 0 Å². The molecule has 2 aliphatic heterocycles. The molecule has 0 aromatic rings. The van der Waals surface area contributed by atoms with Crippen molar-refractivity contribution >= 4 is 30.7 Å². The summed E-state index contributed by atoms with van der Waals surface area (Å²) in [6, 6.07) is 0.994. The van der Waals surface area contributed by atoms with Crippen molar-refractivity contribution in [3.63, 3.8) is 0 Å². The molecule has 3 aliphatic rings. The fourth-order valence-corrected chi connectivity index (χ4v) is 4.06. The van der Waals surface area contributed by atoms with Crippen LogP contribution in [0, 0.1) is 5.92 Å². The highest BCUT2D eigenvalue weighted by Gasteiger charge is 2.34. The summed E-state index contributed by atoms with van der Waals surface area (Å²) in [5.74, 6) is 0.603. The van der Waals surface area contributed by atoms with Gasteiger partial charge >= 0.3 is 0 Å². The van der Waals surface area contributed by atoms with E-state index in [1.54, 1.807) is 0 Å². The molecule has 124 valence electrons. The average molecular weight is 338 g/mol. The topological polar surface area (TPSA) is 49.6 Å². The molecule has 1 amide bonds. The van der Waals surface area contributed by atoms with Crippen LogP contribution in [0.25, 0.3) is 0 Å². The number of carbonyl (C=O) groups excluding carboxylic acids is 1. The molecule has 3 fully saturated rings. The predicted molar refractivity (Wildman–Crippen MR) is 90.2 cm³/mol. The molecule has 1 aliphatic carbocycles. The molecule has 1 saturated carbocycles. The Labute approximate surface area is 140 Å². The minimum atomic E-state index is 0. The van der Waals surface area contributed by atoms with Crippen LogP contribution < -0.4 is 5.73 Å². The molecule has 0 aromatic heterocycles. The third-order valence-corrected chi connectivity index (χ3v) is 5.26. The van der Waals surface area contributed by atoms with Crippen molar-refractivity contribution in [1.29, 1.82) is 0 Å². The predicted octanol–water partition coefficient (Wildman–Crippen LogP) is 2.04. The minimum absolute atomic E-state index is 0. The maximum atomic E-state index is 12.4. The number of amides is 1. The Morgan fingerprint density at radius 2 is 1.52 bits per heavy atom. The SMILES string of the molecule is Cl.Cl.NC1CCC(C(=O)N2CCC(N3CCCC3)CC2)C1. The number of piperidine rings is 1. The largest absolute Gasteiger partial charge is 0.342 e. The lowest BCUT2D eigenvalue weighted by molar-refractivity contribution is -0.136. The van der Waals surface area contributed by atoms with Crippen molar-refractivity contribution in [2.24, 2.45) is 11.7 Å². The van der Waals surface area contributed by atoms with E-state index in [9.17, 15) is 4.79 Å². The van der Waals surface area contributed by atoms with Crippen molar-refractivity contribution in [1.82, 2.24) is 9.80 Å². The Morgan fingerprint density at radius 1 is 0.905 bits per heavy atom. The van der Waals surface area contributed by atoms with Crippen LogP contribution in [0.3, 0.4) is 0 Å². The van der Waals surface area contributed by atoms with Crippen molar-refractivity contribution in [2.45, 2.75) is 57.0 Å². The van der Waals surface area contributed by atoms with Gasteiger partial charge in [-0.15, -0.1) is 24.8 Å². The Balaban J connectivity index is 0.00000110. The van der Waals surface area contributed by atoms with Crippen LogP contribution in [0.5, 0.6) is 0 Å². The zero-order valence-corrected chi connectivity index (χ0v) is 14.3. The summed E-state index contributed by atoms with van der Waals surface area (Å²) in [6.07, 6.45) is 8.00. The molecule has 6 heteroatoms. The van der Waals surface area contributed by atoms with E-state index in [4.69, 9.17) is 5.73 Å². The lowest BCUT2D eigenvalue weighted by atomic mass is 10.00. The standard InChI is InChI=1S/C15H27N3O.2ClH/c16-13-4-3-12(11-13)15(19)18-9-5-14(6-10-18)17-7-1-2-8-17;;/h12-14H,1-11,16H2;2*1H. The summed E-state index contributed by atoms with van der Waals surface area (Å²) in [6.45, 7) is 4.48. The van der Waals surface area contributed by atoms with Crippen molar-refractivity contribution in [3.8, 4) is 0 Å². The number of likely N-dealkylation sites (tertiary alicyclic amines) is 2. The molecule has 2 unspecified atom stereocenters. The monoisotopic (exact) mass is 337 g/mol. The molecule has 0 bridgehead atoms. The van der Waals surface area contributed by atoms with Crippen LogP contribution in [0.4, 0.5) is 0 Å². The maximum Gasteiger partial charge on any atom is 0.225 e. The third kappa shape index (κ3) is 4.47. The fourth-order valence-electron chi connectivity index (χ4n) is 4.06. The summed E-state index contributed by atoms with van der Waals surface area (Å²) in [5.41, 5.74) is 5.92. The zero-order valence-electron chi connectivity index (χ0n) is 12.7. The molecular weight excluding hydrogens is 309 g/mol. The van der Waals surface area contributed by atoms with Gasteiger partial charge in [-0.1, -0.05) is 0 Å². The van der Waals surface area contributed by atoms with E-state index >= 15 is 0 Å². The number of halogens is 2. The summed E-state index contributed by atoms with van der Waals surface area (Å²) >= 11 is 0. The normalized spacial score (nSPS) is 30.8. The summed E-state index contributed by atoms with van der Waals surface area (Å²) in [4.78, 5) is 17.2. The first-order valence-corrected chi connectivity index (χ1v) is 8.02. The lowest BCUT2D eigenvalue weighted by Gasteiger charge is -2.37. The number of rotatable bonds is 2. The first-order valence-electron chi connectivity index (χ1n) is 8.02. The van der Waals surface area contributed by atoms with Crippen molar-refractivity contribution in [3.05, 3.63) is 0 Å². The molecule has 2 heterocycles. The summed E-state index contributed by atoms with van der Waals surface area (Å²) < 4.78 is 0.